The Labute approximate surface area is 169 Å². The summed E-state index contributed by atoms with van der Waals surface area (Å²) in [5.41, 5.74) is 2.54. The van der Waals surface area contributed by atoms with Gasteiger partial charge in [0.2, 0.25) is 0 Å². The molecular formula is C21H29F3N4O. The lowest BCUT2D eigenvalue weighted by molar-refractivity contribution is -0.137. The molecule has 0 aliphatic carbocycles. The molecular weight excluding hydrogens is 381 g/mol. The van der Waals surface area contributed by atoms with Crippen LogP contribution in [-0.4, -0.2) is 42.6 Å². The number of alkyl halides is 3. The highest BCUT2D eigenvalue weighted by Crippen LogP contribution is 2.30. The SMILES string of the molecule is CC(C)c1nn(C)c(N2CCOCC2)c1CNCCc1ccc(C(F)(F)F)cc1. The van der Waals surface area contributed by atoms with Crippen molar-refractivity contribution in [2.45, 2.75) is 38.9 Å². The number of morpholine rings is 1. The molecule has 0 saturated carbocycles. The highest BCUT2D eigenvalue weighted by molar-refractivity contribution is 5.51. The summed E-state index contributed by atoms with van der Waals surface area (Å²) < 4.78 is 45.5. The molecule has 0 bridgehead atoms. The normalized spacial score (nSPS) is 15.3. The number of aromatic nitrogens is 2. The van der Waals surface area contributed by atoms with Gasteiger partial charge in [0.05, 0.1) is 24.5 Å². The lowest BCUT2D eigenvalue weighted by Crippen LogP contribution is -2.38. The van der Waals surface area contributed by atoms with Gasteiger partial charge in [-0.15, -0.1) is 0 Å². The number of halogens is 3. The average Bonchev–Trinajstić information content (AvgIpc) is 3.02. The van der Waals surface area contributed by atoms with Gasteiger partial charge in [0.1, 0.15) is 5.82 Å². The predicted molar refractivity (Wildman–Crippen MR) is 107 cm³/mol. The maximum absolute atomic E-state index is 12.7. The molecule has 1 saturated heterocycles. The first-order chi connectivity index (χ1) is 13.8. The molecule has 0 atom stereocenters. The minimum Gasteiger partial charge on any atom is -0.378 e. The first-order valence-corrected chi connectivity index (χ1v) is 10.0. The van der Waals surface area contributed by atoms with Crippen LogP contribution in [0.25, 0.3) is 0 Å². The third-order valence-corrected chi connectivity index (χ3v) is 5.17. The number of rotatable bonds is 7. The zero-order valence-corrected chi connectivity index (χ0v) is 17.2. The van der Waals surface area contributed by atoms with Crippen LogP contribution in [0.1, 0.15) is 42.1 Å². The third-order valence-electron chi connectivity index (χ3n) is 5.17. The van der Waals surface area contributed by atoms with E-state index in [1.165, 1.54) is 5.56 Å². The van der Waals surface area contributed by atoms with Gasteiger partial charge in [0.15, 0.2) is 0 Å². The molecule has 1 aromatic heterocycles. The standard InChI is InChI=1S/C21H29F3N4O/c1-15(2)19-18(20(27(3)26-19)28-10-12-29-13-11-28)14-25-9-8-16-4-6-17(7-5-16)21(22,23)24/h4-7,15,25H,8-14H2,1-3H3. The van der Waals surface area contributed by atoms with Crippen molar-refractivity contribution in [3.8, 4) is 0 Å². The van der Waals surface area contributed by atoms with Crippen molar-refractivity contribution in [3.63, 3.8) is 0 Å². The first-order valence-electron chi connectivity index (χ1n) is 10.0. The Bertz CT molecular complexity index is 793. The van der Waals surface area contributed by atoms with Gasteiger partial charge in [-0.1, -0.05) is 26.0 Å². The van der Waals surface area contributed by atoms with Crippen LogP contribution in [0, 0.1) is 0 Å². The van der Waals surface area contributed by atoms with Gasteiger partial charge in [-0.25, -0.2) is 0 Å². The largest absolute Gasteiger partial charge is 0.416 e. The molecule has 1 aliphatic rings. The molecule has 8 heteroatoms. The Morgan fingerprint density at radius 3 is 2.38 bits per heavy atom. The van der Waals surface area contributed by atoms with Gasteiger partial charge in [-0.05, 0) is 36.6 Å². The van der Waals surface area contributed by atoms with E-state index in [1.54, 1.807) is 12.1 Å². The number of anilines is 1. The molecule has 0 spiro atoms. The summed E-state index contributed by atoms with van der Waals surface area (Å²) in [6.07, 6.45) is -3.62. The Balaban J connectivity index is 1.63. The number of nitrogens with one attached hydrogen (secondary N) is 1. The van der Waals surface area contributed by atoms with Gasteiger partial charge in [-0.2, -0.15) is 18.3 Å². The minimum absolute atomic E-state index is 0.308. The zero-order chi connectivity index (χ0) is 21.0. The van der Waals surface area contributed by atoms with Crippen LogP contribution < -0.4 is 10.2 Å². The second-order valence-corrected chi connectivity index (χ2v) is 7.69. The summed E-state index contributed by atoms with van der Waals surface area (Å²) in [6, 6.07) is 5.38. The lowest BCUT2D eigenvalue weighted by Gasteiger charge is -2.29. The number of benzene rings is 1. The number of ether oxygens (including phenoxy) is 1. The highest BCUT2D eigenvalue weighted by atomic mass is 19.4. The van der Waals surface area contributed by atoms with E-state index >= 15 is 0 Å². The van der Waals surface area contributed by atoms with E-state index in [4.69, 9.17) is 9.84 Å². The molecule has 1 aromatic carbocycles. The molecule has 160 valence electrons. The van der Waals surface area contributed by atoms with E-state index < -0.39 is 11.7 Å². The molecule has 3 rings (SSSR count). The second kappa shape index (κ2) is 9.17. The van der Waals surface area contributed by atoms with Crippen molar-refractivity contribution in [1.29, 1.82) is 0 Å². The predicted octanol–water partition coefficient (Wildman–Crippen LogP) is 3.73. The molecule has 5 nitrogen and oxygen atoms in total. The third kappa shape index (κ3) is 5.30. The van der Waals surface area contributed by atoms with Crippen molar-refractivity contribution >= 4 is 5.82 Å². The van der Waals surface area contributed by atoms with Crippen LogP contribution in [0.15, 0.2) is 24.3 Å². The molecule has 2 heterocycles. The zero-order valence-electron chi connectivity index (χ0n) is 17.2. The van der Waals surface area contributed by atoms with Gasteiger partial charge in [-0.3, -0.25) is 4.68 Å². The Hall–Kier alpha value is -2.06. The van der Waals surface area contributed by atoms with E-state index in [-0.39, 0.29) is 0 Å². The summed E-state index contributed by atoms with van der Waals surface area (Å²) in [4.78, 5) is 2.31. The Morgan fingerprint density at radius 1 is 1.14 bits per heavy atom. The summed E-state index contributed by atoms with van der Waals surface area (Å²) in [5, 5.41) is 8.19. The van der Waals surface area contributed by atoms with Crippen molar-refractivity contribution in [3.05, 3.63) is 46.6 Å². The summed E-state index contributed by atoms with van der Waals surface area (Å²) in [7, 11) is 1.97. The first kappa shape index (κ1) is 21.6. The summed E-state index contributed by atoms with van der Waals surface area (Å²) in [6.45, 7) is 8.74. The van der Waals surface area contributed by atoms with Crippen LogP contribution in [0.2, 0.25) is 0 Å². The molecule has 0 unspecified atom stereocenters. The Morgan fingerprint density at radius 2 is 1.79 bits per heavy atom. The Kier molecular flexibility index (Phi) is 6.85. The van der Waals surface area contributed by atoms with Gasteiger partial charge in [0.25, 0.3) is 0 Å². The molecule has 29 heavy (non-hydrogen) atoms. The van der Waals surface area contributed by atoms with Gasteiger partial charge >= 0.3 is 6.18 Å². The van der Waals surface area contributed by atoms with Crippen LogP contribution in [0.3, 0.4) is 0 Å². The molecule has 0 amide bonds. The quantitative estimate of drug-likeness (QED) is 0.707. The van der Waals surface area contributed by atoms with E-state index in [0.29, 0.717) is 38.6 Å². The topological polar surface area (TPSA) is 42.3 Å². The maximum Gasteiger partial charge on any atom is 0.416 e. The van der Waals surface area contributed by atoms with E-state index in [0.717, 1.165) is 42.3 Å². The summed E-state index contributed by atoms with van der Waals surface area (Å²) in [5.74, 6) is 1.43. The fourth-order valence-electron chi connectivity index (χ4n) is 3.69. The van der Waals surface area contributed by atoms with Gasteiger partial charge < -0.3 is 15.0 Å². The molecule has 1 fully saturated rings. The molecule has 2 aromatic rings. The van der Waals surface area contributed by atoms with E-state index in [2.05, 4.69) is 24.1 Å². The number of hydrogen-bond donors (Lipinski definition) is 1. The van der Waals surface area contributed by atoms with Crippen LogP contribution in [0.4, 0.5) is 19.0 Å². The van der Waals surface area contributed by atoms with Crippen LogP contribution in [-0.2, 0) is 30.9 Å². The van der Waals surface area contributed by atoms with Crippen molar-refractivity contribution in [1.82, 2.24) is 15.1 Å². The van der Waals surface area contributed by atoms with Gasteiger partial charge in [0, 0.05) is 32.2 Å². The summed E-state index contributed by atoms with van der Waals surface area (Å²) >= 11 is 0. The fraction of sp³-hybridized carbons (Fsp3) is 0.571. The maximum atomic E-state index is 12.7. The number of nitrogens with zero attached hydrogens (tertiary/aromatic N) is 3. The van der Waals surface area contributed by atoms with Crippen molar-refractivity contribution in [2.24, 2.45) is 7.05 Å². The molecule has 1 aliphatic heterocycles. The van der Waals surface area contributed by atoms with E-state index in [1.807, 2.05) is 11.7 Å². The average molecular weight is 410 g/mol. The monoisotopic (exact) mass is 410 g/mol. The smallest absolute Gasteiger partial charge is 0.378 e. The second-order valence-electron chi connectivity index (χ2n) is 7.69. The number of aryl methyl sites for hydroxylation is 1. The van der Waals surface area contributed by atoms with Crippen LogP contribution >= 0.6 is 0 Å². The lowest BCUT2D eigenvalue weighted by atomic mass is 10.0. The van der Waals surface area contributed by atoms with E-state index in [9.17, 15) is 13.2 Å². The molecule has 0 radical (unpaired) electrons. The minimum atomic E-state index is -4.29. The fourth-order valence-corrected chi connectivity index (χ4v) is 3.69. The van der Waals surface area contributed by atoms with Crippen LogP contribution in [0.5, 0.6) is 0 Å². The van der Waals surface area contributed by atoms with Crippen molar-refractivity contribution < 1.29 is 17.9 Å². The highest BCUT2D eigenvalue weighted by Gasteiger charge is 2.30. The number of hydrogen-bond acceptors (Lipinski definition) is 4. The molecule has 1 N–H and O–H groups in total. The van der Waals surface area contributed by atoms with Crippen molar-refractivity contribution in [2.75, 3.05) is 37.7 Å².